The first-order valence-electron chi connectivity index (χ1n) is 9.48. The van der Waals surface area contributed by atoms with Crippen molar-refractivity contribution in [3.8, 4) is 5.75 Å². The molecule has 3 aromatic rings. The van der Waals surface area contributed by atoms with Gasteiger partial charge in [-0.1, -0.05) is 0 Å². The number of ether oxygens (including phenoxy) is 1. The van der Waals surface area contributed by atoms with Gasteiger partial charge in [-0.3, -0.25) is 14.4 Å². The molecule has 2 aromatic heterocycles. The van der Waals surface area contributed by atoms with Crippen LogP contribution >= 0.6 is 0 Å². The molecule has 30 heavy (non-hydrogen) atoms. The number of hydrogen-bond acceptors (Lipinski definition) is 6. The maximum Gasteiger partial charge on any atom is 0.256 e. The Morgan fingerprint density at radius 2 is 2.17 bits per heavy atom. The first-order valence-corrected chi connectivity index (χ1v) is 9.48. The highest BCUT2D eigenvalue weighted by atomic mass is 16.5. The van der Waals surface area contributed by atoms with Crippen molar-refractivity contribution in [1.29, 1.82) is 0 Å². The Morgan fingerprint density at radius 3 is 2.87 bits per heavy atom. The van der Waals surface area contributed by atoms with Gasteiger partial charge in [0.25, 0.3) is 11.5 Å². The van der Waals surface area contributed by atoms with Gasteiger partial charge in [-0.05, 0) is 43.7 Å². The molecule has 0 spiro atoms. The molecule has 0 radical (unpaired) electrons. The van der Waals surface area contributed by atoms with Gasteiger partial charge in [0, 0.05) is 18.1 Å². The van der Waals surface area contributed by atoms with Crippen LogP contribution in [-0.4, -0.2) is 40.6 Å². The predicted octanol–water partition coefficient (Wildman–Crippen LogP) is 0.989. The highest BCUT2D eigenvalue weighted by Crippen LogP contribution is 2.30. The van der Waals surface area contributed by atoms with Gasteiger partial charge in [0.1, 0.15) is 29.2 Å². The summed E-state index contributed by atoms with van der Waals surface area (Å²) >= 11 is 0. The number of aliphatic hydroxyl groups excluding tert-OH is 1. The summed E-state index contributed by atoms with van der Waals surface area (Å²) in [6, 6.07) is 8.39. The molecule has 1 atom stereocenters. The molecule has 9 heteroatoms. The van der Waals surface area contributed by atoms with Crippen LogP contribution in [0.5, 0.6) is 5.75 Å². The monoisotopic (exact) mass is 411 g/mol. The van der Waals surface area contributed by atoms with E-state index in [1.807, 2.05) is 0 Å². The molecule has 1 aliphatic rings. The normalized spacial score (nSPS) is 18.4. The standard InChI is InChI=1S/C21H21N3O6/c1-12-17(19(27)24-21(11-25)6-8-23-20(21)28)15-9-14(4-5-16(15)30-12)29-10-13-3-2-7-22-18(13)26/h2-5,7,9,25H,6,8,10-11H2,1H3,(H,22,26)(H,23,28)(H,24,27). The summed E-state index contributed by atoms with van der Waals surface area (Å²) in [4.78, 5) is 39.5. The van der Waals surface area contributed by atoms with E-state index in [1.54, 1.807) is 43.5 Å². The van der Waals surface area contributed by atoms with Crippen LogP contribution in [0, 0.1) is 6.92 Å². The maximum atomic E-state index is 13.0. The van der Waals surface area contributed by atoms with Crippen LogP contribution in [0.2, 0.25) is 0 Å². The minimum Gasteiger partial charge on any atom is -0.489 e. The number of aryl methyl sites for hydroxylation is 1. The lowest BCUT2D eigenvalue weighted by atomic mass is 9.97. The topological polar surface area (TPSA) is 134 Å². The van der Waals surface area contributed by atoms with E-state index < -0.39 is 24.0 Å². The third-order valence-electron chi connectivity index (χ3n) is 5.25. The number of benzene rings is 1. The zero-order valence-corrected chi connectivity index (χ0v) is 16.3. The number of carbonyl (C=O) groups is 2. The van der Waals surface area contributed by atoms with E-state index in [4.69, 9.17) is 9.15 Å². The zero-order chi connectivity index (χ0) is 21.3. The Bertz CT molecular complexity index is 1180. The number of aromatic nitrogens is 1. The summed E-state index contributed by atoms with van der Waals surface area (Å²) in [5, 5.41) is 15.5. The number of carbonyl (C=O) groups excluding carboxylic acids is 2. The highest BCUT2D eigenvalue weighted by Gasteiger charge is 2.44. The molecule has 2 amide bonds. The molecule has 0 saturated carbocycles. The predicted molar refractivity (Wildman–Crippen MR) is 107 cm³/mol. The third kappa shape index (κ3) is 3.43. The molecule has 1 fully saturated rings. The molecule has 1 aromatic carbocycles. The average Bonchev–Trinajstić information content (AvgIpc) is 3.26. The van der Waals surface area contributed by atoms with Crippen molar-refractivity contribution in [2.24, 2.45) is 0 Å². The molecule has 3 heterocycles. The second-order valence-electron chi connectivity index (χ2n) is 7.20. The minimum atomic E-state index is -1.35. The van der Waals surface area contributed by atoms with E-state index in [1.165, 1.54) is 0 Å². The van der Waals surface area contributed by atoms with Crippen molar-refractivity contribution in [1.82, 2.24) is 15.6 Å². The second-order valence-corrected chi connectivity index (χ2v) is 7.20. The van der Waals surface area contributed by atoms with Crippen molar-refractivity contribution in [2.75, 3.05) is 13.2 Å². The van der Waals surface area contributed by atoms with Crippen LogP contribution in [0.1, 0.15) is 28.1 Å². The van der Waals surface area contributed by atoms with Crippen molar-refractivity contribution < 1.29 is 23.8 Å². The number of amides is 2. The van der Waals surface area contributed by atoms with E-state index in [2.05, 4.69) is 15.6 Å². The first-order chi connectivity index (χ1) is 14.4. The molecular formula is C21H21N3O6. The lowest BCUT2D eigenvalue weighted by Crippen LogP contribution is -2.56. The fourth-order valence-electron chi connectivity index (χ4n) is 3.56. The summed E-state index contributed by atoms with van der Waals surface area (Å²) in [6.45, 7) is 1.59. The van der Waals surface area contributed by atoms with Crippen molar-refractivity contribution in [3.05, 3.63) is 63.8 Å². The fraction of sp³-hybridized carbons (Fsp3) is 0.286. The van der Waals surface area contributed by atoms with Crippen LogP contribution in [0.25, 0.3) is 11.0 Å². The number of pyridine rings is 1. The lowest BCUT2D eigenvalue weighted by molar-refractivity contribution is -0.125. The molecule has 9 nitrogen and oxygen atoms in total. The molecule has 4 N–H and O–H groups in total. The van der Waals surface area contributed by atoms with Gasteiger partial charge < -0.3 is 29.9 Å². The summed E-state index contributed by atoms with van der Waals surface area (Å²) in [7, 11) is 0. The number of hydrogen-bond donors (Lipinski definition) is 4. The summed E-state index contributed by atoms with van der Waals surface area (Å²) in [5.74, 6) is -0.100. The first kappa shape index (κ1) is 19.7. The smallest absolute Gasteiger partial charge is 0.256 e. The Labute approximate surface area is 171 Å². The van der Waals surface area contributed by atoms with Gasteiger partial charge in [-0.15, -0.1) is 0 Å². The molecule has 1 aliphatic heterocycles. The van der Waals surface area contributed by atoms with Gasteiger partial charge in [0.05, 0.1) is 17.7 Å². The maximum absolute atomic E-state index is 13.0. The molecule has 0 aliphatic carbocycles. The number of nitrogens with one attached hydrogen (secondary N) is 3. The molecule has 1 unspecified atom stereocenters. The van der Waals surface area contributed by atoms with Crippen molar-refractivity contribution in [3.63, 3.8) is 0 Å². The number of aromatic amines is 1. The van der Waals surface area contributed by atoms with E-state index in [9.17, 15) is 19.5 Å². The number of rotatable bonds is 6. The van der Waals surface area contributed by atoms with Gasteiger partial charge in [0.15, 0.2) is 0 Å². The van der Waals surface area contributed by atoms with Crippen LogP contribution in [0.15, 0.2) is 45.7 Å². The van der Waals surface area contributed by atoms with Crippen LogP contribution in [-0.2, 0) is 11.4 Å². The Hall–Kier alpha value is -3.59. The van der Waals surface area contributed by atoms with E-state index in [0.29, 0.717) is 41.0 Å². The highest BCUT2D eigenvalue weighted by molar-refractivity contribution is 6.09. The summed E-state index contributed by atoms with van der Waals surface area (Å²) in [6.07, 6.45) is 1.84. The van der Waals surface area contributed by atoms with Crippen LogP contribution in [0.4, 0.5) is 0 Å². The second kappa shape index (κ2) is 7.68. The quantitative estimate of drug-likeness (QED) is 0.478. The van der Waals surface area contributed by atoms with Crippen LogP contribution < -0.4 is 20.9 Å². The summed E-state index contributed by atoms with van der Waals surface area (Å²) in [5.41, 5.74) is -0.370. The minimum absolute atomic E-state index is 0.0633. The Kier molecular flexibility index (Phi) is 5.04. The molecule has 4 rings (SSSR count). The van der Waals surface area contributed by atoms with Gasteiger partial charge in [0.2, 0.25) is 5.91 Å². The lowest BCUT2D eigenvalue weighted by Gasteiger charge is -2.24. The number of H-pyrrole nitrogens is 1. The van der Waals surface area contributed by atoms with Crippen molar-refractivity contribution in [2.45, 2.75) is 25.5 Å². The van der Waals surface area contributed by atoms with Gasteiger partial charge >= 0.3 is 0 Å². The Morgan fingerprint density at radius 1 is 1.33 bits per heavy atom. The van der Waals surface area contributed by atoms with E-state index in [-0.39, 0.29) is 17.7 Å². The number of furan rings is 1. The molecular weight excluding hydrogens is 390 g/mol. The number of aliphatic hydroxyl groups is 1. The third-order valence-corrected chi connectivity index (χ3v) is 5.25. The van der Waals surface area contributed by atoms with Crippen molar-refractivity contribution >= 4 is 22.8 Å². The Balaban J connectivity index is 1.62. The average molecular weight is 411 g/mol. The molecule has 156 valence electrons. The largest absolute Gasteiger partial charge is 0.489 e. The van der Waals surface area contributed by atoms with E-state index >= 15 is 0 Å². The van der Waals surface area contributed by atoms with Gasteiger partial charge in [-0.2, -0.15) is 0 Å². The summed E-state index contributed by atoms with van der Waals surface area (Å²) < 4.78 is 11.4. The van der Waals surface area contributed by atoms with E-state index in [0.717, 1.165) is 0 Å². The number of fused-ring (bicyclic) bond motifs is 1. The molecule has 0 bridgehead atoms. The zero-order valence-electron chi connectivity index (χ0n) is 16.3. The SMILES string of the molecule is Cc1oc2ccc(OCc3ccc[nH]c3=O)cc2c1C(=O)NC1(CO)CCNC1=O. The fourth-order valence-corrected chi connectivity index (χ4v) is 3.56. The van der Waals surface area contributed by atoms with Crippen LogP contribution in [0.3, 0.4) is 0 Å². The van der Waals surface area contributed by atoms with Gasteiger partial charge in [-0.25, -0.2) is 0 Å². The molecule has 1 saturated heterocycles.